The second-order valence-electron chi connectivity index (χ2n) is 6.00. The number of aromatic amines is 1. The van der Waals surface area contributed by atoms with Crippen LogP contribution in [0, 0.1) is 6.92 Å². The number of amides is 1. The van der Waals surface area contributed by atoms with Gasteiger partial charge in [0, 0.05) is 43.4 Å². The van der Waals surface area contributed by atoms with Gasteiger partial charge in [-0.25, -0.2) is 9.78 Å². The van der Waals surface area contributed by atoms with Crippen LogP contribution in [0.5, 0.6) is 0 Å². The van der Waals surface area contributed by atoms with Crippen molar-refractivity contribution in [1.82, 2.24) is 19.4 Å². The van der Waals surface area contributed by atoms with Crippen molar-refractivity contribution >= 4 is 22.7 Å². The lowest BCUT2D eigenvalue weighted by molar-refractivity contribution is 0.0984. The van der Waals surface area contributed by atoms with Gasteiger partial charge in [-0.1, -0.05) is 18.2 Å². The minimum absolute atomic E-state index is 0.0129. The van der Waals surface area contributed by atoms with E-state index in [4.69, 9.17) is 0 Å². The van der Waals surface area contributed by atoms with Crippen molar-refractivity contribution in [2.75, 3.05) is 14.1 Å². The predicted octanol–water partition coefficient (Wildman–Crippen LogP) is 3.02. The third kappa shape index (κ3) is 2.82. The Morgan fingerprint density at radius 3 is 2.67 bits per heavy atom. The second-order valence-corrected chi connectivity index (χ2v) is 6.00. The summed E-state index contributed by atoms with van der Waals surface area (Å²) in [6.45, 7) is 1.94. The Morgan fingerprint density at radius 1 is 1.25 bits per heavy atom. The summed E-state index contributed by atoms with van der Waals surface area (Å²) in [5, 5.41) is 0.802. The van der Waals surface area contributed by atoms with E-state index in [1.165, 1.54) is 9.47 Å². The molecule has 0 aliphatic carbocycles. The summed E-state index contributed by atoms with van der Waals surface area (Å²) in [7, 11) is 3.39. The molecule has 0 unspecified atom stereocenters. The highest BCUT2D eigenvalue weighted by molar-refractivity contribution is 6.10. The van der Waals surface area contributed by atoms with Crippen LogP contribution in [0.2, 0.25) is 0 Å². The number of hydrogen-bond donors (Lipinski definition) is 1. The molecule has 1 N–H and O–H groups in total. The fourth-order valence-electron chi connectivity index (χ4n) is 2.78. The molecule has 2 heterocycles. The van der Waals surface area contributed by atoms with Gasteiger partial charge in [0.25, 0.3) is 0 Å². The van der Waals surface area contributed by atoms with Crippen molar-refractivity contribution < 1.29 is 9.59 Å². The maximum atomic E-state index is 12.7. The average Bonchev–Trinajstić information content (AvgIpc) is 3.15. The minimum Gasteiger partial charge on any atom is -0.348 e. The third-order valence-corrected chi connectivity index (χ3v) is 4.12. The summed E-state index contributed by atoms with van der Waals surface area (Å²) < 4.78 is 1.53. The number of aromatic nitrogens is 3. The summed E-state index contributed by atoms with van der Waals surface area (Å²) in [6, 6.07) is 7.30. The Labute approximate surface area is 140 Å². The van der Waals surface area contributed by atoms with Gasteiger partial charge in [-0.05, 0) is 19.4 Å². The lowest BCUT2D eigenvalue weighted by atomic mass is 10.0. The molecule has 0 aliphatic rings. The number of benzene rings is 1. The zero-order chi connectivity index (χ0) is 17.3. The zero-order valence-corrected chi connectivity index (χ0v) is 14.0. The number of hydrogen-bond acceptors (Lipinski definition) is 3. The number of para-hydroxylation sites is 1. The van der Waals surface area contributed by atoms with Crippen LogP contribution < -0.4 is 0 Å². The largest absolute Gasteiger partial charge is 0.348 e. The van der Waals surface area contributed by atoms with E-state index >= 15 is 0 Å². The van der Waals surface area contributed by atoms with Crippen molar-refractivity contribution in [3.63, 3.8) is 0 Å². The SMILES string of the molecule is Cc1[nH]cnc1CCC(=O)c1cn(C(=O)N(C)C)c2ccccc12. The maximum Gasteiger partial charge on any atom is 0.328 e. The fourth-order valence-corrected chi connectivity index (χ4v) is 2.78. The van der Waals surface area contributed by atoms with Gasteiger partial charge in [-0.3, -0.25) is 9.36 Å². The first-order chi connectivity index (χ1) is 11.5. The van der Waals surface area contributed by atoms with Gasteiger partial charge in [0.05, 0.1) is 17.5 Å². The highest BCUT2D eigenvalue weighted by Crippen LogP contribution is 2.23. The Hall–Kier alpha value is -2.89. The van der Waals surface area contributed by atoms with Crippen LogP contribution in [0.1, 0.15) is 28.2 Å². The summed E-state index contributed by atoms with van der Waals surface area (Å²) in [5.74, 6) is 0.0129. The highest BCUT2D eigenvalue weighted by atomic mass is 16.2. The summed E-state index contributed by atoms with van der Waals surface area (Å²) in [5.41, 5.74) is 3.20. The van der Waals surface area contributed by atoms with Crippen LogP contribution in [-0.2, 0) is 6.42 Å². The normalized spacial score (nSPS) is 11.0. The fraction of sp³-hybridized carbons (Fsp3) is 0.278. The first-order valence-electron chi connectivity index (χ1n) is 7.83. The summed E-state index contributed by atoms with van der Waals surface area (Å²) >= 11 is 0. The minimum atomic E-state index is -0.173. The maximum absolute atomic E-state index is 12.7. The van der Waals surface area contributed by atoms with E-state index < -0.39 is 0 Å². The number of nitrogens with zero attached hydrogens (tertiary/aromatic N) is 3. The number of carbonyl (C=O) groups is 2. The second kappa shape index (κ2) is 6.31. The van der Waals surface area contributed by atoms with Gasteiger partial charge >= 0.3 is 6.03 Å². The predicted molar refractivity (Wildman–Crippen MR) is 92.4 cm³/mol. The number of H-pyrrole nitrogens is 1. The third-order valence-electron chi connectivity index (χ3n) is 4.12. The van der Waals surface area contributed by atoms with Crippen LogP contribution in [0.15, 0.2) is 36.8 Å². The van der Waals surface area contributed by atoms with Crippen LogP contribution in [0.3, 0.4) is 0 Å². The smallest absolute Gasteiger partial charge is 0.328 e. The molecule has 6 heteroatoms. The monoisotopic (exact) mass is 324 g/mol. The highest BCUT2D eigenvalue weighted by Gasteiger charge is 2.19. The van der Waals surface area contributed by atoms with E-state index in [2.05, 4.69) is 9.97 Å². The van der Waals surface area contributed by atoms with Crippen molar-refractivity contribution in [2.45, 2.75) is 19.8 Å². The molecule has 24 heavy (non-hydrogen) atoms. The average molecular weight is 324 g/mol. The van der Waals surface area contributed by atoms with Gasteiger partial charge in [-0.15, -0.1) is 0 Å². The molecule has 0 fully saturated rings. The van der Waals surface area contributed by atoms with Crippen molar-refractivity contribution in [1.29, 1.82) is 0 Å². The van der Waals surface area contributed by atoms with Gasteiger partial charge in [0.15, 0.2) is 5.78 Å². The Balaban J connectivity index is 1.92. The number of Topliss-reactive ketones (excluding diaryl/α,β-unsaturated/α-hetero) is 1. The number of nitrogens with one attached hydrogen (secondary N) is 1. The number of imidazole rings is 1. The standard InChI is InChI=1S/C18H20N4O2/c1-12-15(20-11-19-12)8-9-17(23)14-10-22(18(24)21(2)3)16-7-5-4-6-13(14)16/h4-7,10-11H,8-9H2,1-3H3,(H,19,20). The molecular formula is C18H20N4O2. The number of ketones is 1. The van der Waals surface area contributed by atoms with E-state index in [-0.39, 0.29) is 11.8 Å². The zero-order valence-electron chi connectivity index (χ0n) is 14.0. The molecule has 0 saturated heterocycles. The van der Waals surface area contributed by atoms with Crippen LogP contribution in [0.25, 0.3) is 10.9 Å². The quantitative estimate of drug-likeness (QED) is 0.750. The lowest BCUT2D eigenvalue weighted by Crippen LogP contribution is -2.26. The molecule has 0 atom stereocenters. The summed E-state index contributed by atoms with van der Waals surface area (Å²) in [4.78, 5) is 33.8. The van der Waals surface area contributed by atoms with E-state index in [0.29, 0.717) is 18.4 Å². The summed E-state index contributed by atoms with van der Waals surface area (Å²) in [6.07, 6.45) is 4.22. The number of rotatable bonds is 4. The Kier molecular flexibility index (Phi) is 4.20. The van der Waals surface area contributed by atoms with Gasteiger partial charge in [-0.2, -0.15) is 0 Å². The van der Waals surface area contributed by atoms with Gasteiger partial charge in [0.1, 0.15) is 0 Å². The number of carbonyl (C=O) groups excluding carboxylic acids is 2. The molecule has 1 aromatic carbocycles. The molecule has 1 amide bonds. The van der Waals surface area contributed by atoms with Crippen LogP contribution >= 0.6 is 0 Å². The molecule has 3 rings (SSSR count). The van der Waals surface area contributed by atoms with E-state index in [1.807, 2.05) is 31.2 Å². The molecule has 2 aromatic heterocycles. The molecule has 6 nitrogen and oxygen atoms in total. The number of aryl methyl sites for hydroxylation is 2. The topological polar surface area (TPSA) is 71.0 Å². The molecule has 3 aromatic rings. The Bertz CT molecular complexity index is 905. The van der Waals surface area contributed by atoms with Crippen molar-refractivity contribution in [3.05, 3.63) is 53.7 Å². The molecule has 0 bridgehead atoms. The van der Waals surface area contributed by atoms with E-state index in [9.17, 15) is 9.59 Å². The molecular weight excluding hydrogens is 304 g/mol. The molecule has 0 saturated carbocycles. The van der Waals surface area contributed by atoms with E-state index in [0.717, 1.165) is 22.3 Å². The first kappa shape index (κ1) is 16.0. The molecule has 0 aliphatic heterocycles. The van der Waals surface area contributed by atoms with Gasteiger partial charge < -0.3 is 9.88 Å². The van der Waals surface area contributed by atoms with Crippen molar-refractivity contribution in [2.24, 2.45) is 0 Å². The number of fused-ring (bicyclic) bond motifs is 1. The molecule has 0 radical (unpaired) electrons. The Morgan fingerprint density at radius 2 is 2.00 bits per heavy atom. The molecule has 0 spiro atoms. The van der Waals surface area contributed by atoms with E-state index in [1.54, 1.807) is 26.6 Å². The first-order valence-corrected chi connectivity index (χ1v) is 7.83. The lowest BCUT2D eigenvalue weighted by Gasteiger charge is -2.11. The van der Waals surface area contributed by atoms with Crippen molar-refractivity contribution in [3.8, 4) is 0 Å². The van der Waals surface area contributed by atoms with Crippen LogP contribution in [-0.4, -0.2) is 45.3 Å². The molecule has 124 valence electrons. The van der Waals surface area contributed by atoms with Gasteiger partial charge in [0.2, 0.25) is 0 Å². The van der Waals surface area contributed by atoms with Crippen LogP contribution in [0.4, 0.5) is 4.79 Å².